The van der Waals surface area contributed by atoms with Crippen LogP contribution in [0.15, 0.2) is 52.7 Å². The van der Waals surface area contributed by atoms with Crippen LogP contribution in [0.25, 0.3) is 11.0 Å². The van der Waals surface area contributed by atoms with Gasteiger partial charge in [-0.3, -0.25) is 4.79 Å². The van der Waals surface area contributed by atoms with Gasteiger partial charge in [-0.1, -0.05) is 12.1 Å². The molecule has 0 unspecified atom stereocenters. The first-order valence-corrected chi connectivity index (χ1v) is 5.91. The quantitative estimate of drug-likeness (QED) is 0.561. The van der Waals surface area contributed by atoms with Gasteiger partial charge in [0.05, 0.1) is 11.0 Å². The Morgan fingerprint density at radius 2 is 2.00 bits per heavy atom. The minimum absolute atomic E-state index is 0.0459. The van der Waals surface area contributed by atoms with E-state index in [2.05, 4.69) is 20.2 Å². The molecule has 2 aromatic carbocycles. The fourth-order valence-electron chi connectivity index (χ4n) is 1.78. The highest BCUT2D eigenvalue weighted by atomic mass is 16.3. The van der Waals surface area contributed by atoms with E-state index < -0.39 is 0 Å². The van der Waals surface area contributed by atoms with Crippen molar-refractivity contribution >= 4 is 29.0 Å². The molecular weight excluding hydrogens is 256 g/mol. The van der Waals surface area contributed by atoms with E-state index in [0.717, 1.165) is 11.0 Å². The highest BCUT2D eigenvalue weighted by molar-refractivity contribution is 5.78. The Labute approximate surface area is 113 Å². The van der Waals surface area contributed by atoms with Crippen molar-refractivity contribution in [3.63, 3.8) is 0 Å². The van der Waals surface area contributed by atoms with Gasteiger partial charge in [0.25, 0.3) is 0 Å². The number of carbonyl (C=O) groups is 1. The third-order valence-corrected chi connectivity index (χ3v) is 2.76. The Balaban J connectivity index is 1.95. The Bertz CT molecular complexity index is 775. The number of phenolic OH excluding ortho intramolecular Hbond substituents is 1. The van der Waals surface area contributed by atoms with Gasteiger partial charge >= 0.3 is 0 Å². The van der Waals surface area contributed by atoms with E-state index in [1.165, 1.54) is 18.2 Å². The molecule has 6 heteroatoms. The first-order valence-electron chi connectivity index (χ1n) is 5.91. The second kappa shape index (κ2) is 4.93. The lowest BCUT2D eigenvalue weighted by Crippen LogP contribution is -1.78. The van der Waals surface area contributed by atoms with Crippen LogP contribution in [0, 0.1) is 0 Å². The monoisotopic (exact) mass is 266 g/mol. The second-order valence-electron chi connectivity index (χ2n) is 4.14. The van der Waals surface area contributed by atoms with E-state index in [4.69, 9.17) is 0 Å². The fourth-order valence-corrected chi connectivity index (χ4v) is 1.78. The molecule has 0 fully saturated rings. The second-order valence-corrected chi connectivity index (χ2v) is 4.14. The van der Waals surface area contributed by atoms with Gasteiger partial charge in [-0.15, -0.1) is 10.2 Å². The molecule has 1 heterocycles. The Morgan fingerprint density at radius 1 is 1.15 bits per heavy atom. The number of fused-ring (bicyclic) bond motifs is 1. The van der Waals surface area contributed by atoms with Crippen molar-refractivity contribution in [1.29, 1.82) is 0 Å². The zero-order chi connectivity index (χ0) is 13.9. The number of hydrogen-bond donors (Lipinski definition) is 2. The van der Waals surface area contributed by atoms with Gasteiger partial charge in [-0.25, -0.2) is 4.98 Å². The number of nitrogens with zero attached hydrogens (tertiary/aromatic N) is 3. The van der Waals surface area contributed by atoms with Crippen LogP contribution in [-0.4, -0.2) is 21.4 Å². The van der Waals surface area contributed by atoms with Gasteiger partial charge in [0.2, 0.25) is 5.95 Å². The van der Waals surface area contributed by atoms with Crippen LogP contribution in [-0.2, 0) is 0 Å². The van der Waals surface area contributed by atoms with Crippen LogP contribution in [0.1, 0.15) is 10.4 Å². The zero-order valence-corrected chi connectivity index (χ0v) is 10.3. The van der Waals surface area contributed by atoms with E-state index in [0.29, 0.717) is 17.8 Å². The summed E-state index contributed by atoms with van der Waals surface area (Å²) in [6, 6.07) is 11.9. The van der Waals surface area contributed by atoms with Crippen molar-refractivity contribution in [3.05, 3.63) is 48.0 Å². The SMILES string of the molecule is O=Cc1ccc(O)c(N=Nc2nc3ccccc3[nH]2)c1. The summed E-state index contributed by atoms with van der Waals surface area (Å²) in [5.41, 5.74) is 2.27. The topological polar surface area (TPSA) is 90.7 Å². The lowest BCUT2D eigenvalue weighted by Gasteiger charge is -1.97. The standard InChI is InChI=1S/C14H10N4O2/c19-8-9-5-6-13(20)12(7-9)17-18-14-15-10-3-1-2-4-11(10)16-14/h1-8,20H,(H,15,16). The number of carbonyl (C=O) groups excluding carboxylic acids is 1. The van der Waals surface area contributed by atoms with E-state index in [-0.39, 0.29) is 11.4 Å². The van der Waals surface area contributed by atoms with Crippen LogP contribution < -0.4 is 0 Å². The van der Waals surface area contributed by atoms with Crippen molar-refractivity contribution in [1.82, 2.24) is 9.97 Å². The first kappa shape index (κ1) is 12.0. The number of aldehydes is 1. The molecule has 1 aromatic heterocycles. The molecule has 0 aliphatic carbocycles. The maximum atomic E-state index is 10.7. The van der Waals surface area contributed by atoms with Gasteiger partial charge in [0.1, 0.15) is 17.7 Å². The number of hydrogen-bond acceptors (Lipinski definition) is 5. The number of benzene rings is 2. The normalized spacial score (nSPS) is 11.2. The van der Waals surface area contributed by atoms with Gasteiger partial charge in [-0.05, 0) is 30.3 Å². The fraction of sp³-hybridized carbons (Fsp3) is 0. The molecule has 0 aliphatic heterocycles. The largest absolute Gasteiger partial charge is 0.506 e. The van der Waals surface area contributed by atoms with Crippen molar-refractivity contribution in [2.75, 3.05) is 0 Å². The third-order valence-electron chi connectivity index (χ3n) is 2.76. The molecule has 20 heavy (non-hydrogen) atoms. The molecule has 98 valence electrons. The summed E-state index contributed by atoms with van der Waals surface area (Å²) < 4.78 is 0. The smallest absolute Gasteiger partial charge is 0.247 e. The van der Waals surface area contributed by atoms with Crippen LogP contribution in [0.3, 0.4) is 0 Å². The predicted octanol–water partition coefficient (Wildman–Crippen LogP) is 3.50. The molecule has 0 atom stereocenters. The molecule has 0 saturated heterocycles. The van der Waals surface area contributed by atoms with Gasteiger partial charge < -0.3 is 10.1 Å². The number of aromatic hydroxyl groups is 1. The number of azo groups is 1. The average Bonchev–Trinajstić information content (AvgIpc) is 2.89. The van der Waals surface area contributed by atoms with Crippen LogP contribution in [0.2, 0.25) is 0 Å². The summed E-state index contributed by atoms with van der Waals surface area (Å²) in [7, 11) is 0. The minimum Gasteiger partial charge on any atom is -0.506 e. The van der Waals surface area contributed by atoms with Crippen LogP contribution in [0.4, 0.5) is 11.6 Å². The predicted molar refractivity (Wildman–Crippen MR) is 73.8 cm³/mol. The van der Waals surface area contributed by atoms with Crippen molar-refractivity contribution in [2.45, 2.75) is 0 Å². The Morgan fingerprint density at radius 3 is 2.80 bits per heavy atom. The number of phenols is 1. The lowest BCUT2D eigenvalue weighted by atomic mass is 10.2. The molecule has 0 radical (unpaired) electrons. The number of imidazole rings is 1. The maximum absolute atomic E-state index is 10.7. The molecular formula is C14H10N4O2. The zero-order valence-electron chi connectivity index (χ0n) is 10.3. The number of nitrogens with one attached hydrogen (secondary N) is 1. The molecule has 0 saturated carbocycles. The van der Waals surface area contributed by atoms with E-state index in [9.17, 15) is 9.90 Å². The van der Waals surface area contributed by atoms with Crippen molar-refractivity contribution in [3.8, 4) is 5.75 Å². The molecule has 0 aliphatic rings. The average molecular weight is 266 g/mol. The van der Waals surface area contributed by atoms with Crippen molar-refractivity contribution in [2.24, 2.45) is 10.2 Å². The minimum atomic E-state index is -0.0459. The summed E-state index contributed by atoms with van der Waals surface area (Å²) in [6.45, 7) is 0. The number of aromatic amines is 1. The van der Waals surface area contributed by atoms with Gasteiger partial charge in [0.15, 0.2) is 0 Å². The van der Waals surface area contributed by atoms with Crippen LogP contribution in [0.5, 0.6) is 5.75 Å². The maximum Gasteiger partial charge on any atom is 0.247 e. The van der Waals surface area contributed by atoms with E-state index >= 15 is 0 Å². The summed E-state index contributed by atoms with van der Waals surface area (Å²) in [4.78, 5) is 17.9. The molecule has 0 bridgehead atoms. The molecule has 6 nitrogen and oxygen atoms in total. The van der Waals surface area contributed by atoms with E-state index in [1.54, 1.807) is 0 Å². The highest BCUT2D eigenvalue weighted by Gasteiger charge is 2.03. The third kappa shape index (κ3) is 2.26. The molecule has 0 amide bonds. The number of para-hydroxylation sites is 2. The Hall–Kier alpha value is -3.02. The highest BCUT2D eigenvalue weighted by Crippen LogP contribution is 2.28. The summed E-state index contributed by atoms with van der Waals surface area (Å²) in [5, 5.41) is 17.5. The summed E-state index contributed by atoms with van der Waals surface area (Å²) >= 11 is 0. The molecule has 0 spiro atoms. The number of rotatable bonds is 3. The molecule has 3 rings (SSSR count). The van der Waals surface area contributed by atoms with E-state index in [1.807, 2.05) is 24.3 Å². The van der Waals surface area contributed by atoms with Crippen molar-refractivity contribution < 1.29 is 9.90 Å². The molecule has 2 N–H and O–H groups in total. The lowest BCUT2D eigenvalue weighted by molar-refractivity contribution is 0.112. The molecule has 3 aromatic rings. The van der Waals surface area contributed by atoms with Gasteiger partial charge in [-0.2, -0.15) is 0 Å². The number of H-pyrrole nitrogens is 1. The Kier molecular flexibility index (Phi) is 2.96. The summed E-state index contributed by atoms with van der Waals surface area (Å²) in [5.74, 6) is 0.289. The van der Waals surface area contributed by atoms with Crippen LogP contribution >= 0.6 is 0 Å². The summed E-state index contributed by atoms with van der Waals surface area (Å²) in [6.07, 6.45) is 0.680. The number of aromatic nitrogens is 2. The first-order chi connectivity index (χ1) is 9.76. The van der Waals surface area contributed by atoms with Gasteiger partial charge in [0, 0.05) is 5.56 Å².